The van der Waals surface area contributed by atoms with E-state index < -0.39 is 0 Å². The standard InChI is InChI=1S/C23H18N2S/c26-23-24-13-17-11-9-15-5-1-3-7-19(15)21(17)22-18(14-25-23)12-10-16-6-2-4-8-20(16)22/h1-12H,13-14H2,(H2,24,25,26). The summed E-state index contributed by atoms with van der Waals surface area (Å²) < 4.78 is 0. The Bertz CT molecular complexity index is 1070. The van der Waals surface area contributed by atoms with Crippen molar-refractivity contribution in [2.45, 2.75) is 13.1 Å². The molecule has 4 aromatic rings. The van der Waals surface area contributed by atoms with E-state index in [1.165, 1.54) is 43.8 Å². The molecule has 0 aliphatic carbocycles. The molecule has 0 bridgehead atoms. The fraction of sp³-hybridized carbons (Fsp3) is 0.0870. The van der Waals surface area contributed by atoms with E-state index in [1.807, 2.05) is 0 Å². The van der Waals surface area contributed by atoms with Crippen molar-refractivity contribution in [3.63, 3.8) is 0 Å². The number of thiocarbonyl (C=S) groups is 1. The Labute approximate surface area is 157 Å². The van der Waals surface area contributed by atoms with E-state index >= 15 is 0 Å². The second-order valence-electron chi connectivity index (χ2n) is 6.68. The van der Waals surface area contributed by atoms with Crippen LogP contribution in [0.3, 0.4) is 0 Å². The number of benzene rings is 4. The number of hydrogen-bond donors (Lipinski definition) is 2. The molecule has 1 heterocycles. The Balaban J connectivity index is 1.96. The van der Waals surface area contributed by atoms with Gasteiger partial charge >= 0.3 is 0 Å². The summed E-state index contributed by atoms with van der Waals surface area (Å²) in [4.78, 5) is 0. The normalized spacial score (nSPS) is 13.8. The maximum absolute atomic E-state index is 5.44. The molecule has 3 heteroatoms. The third-order valence-corrected chi connectivity index (χ3v) is 5.45. The van der Waals surface area contributed by atoms with E-state index in [2.05, 4.69) is 83.4 Å². The predicted molar refractivity (Wildman–Crippen MR) is 113 cm³/mol. The summed E-state index contributed by atoms with van der Waals surface area (Å²) in [6, 6.07) is 26.1. The van der Waals surface area contributed by atoms with Crippen LogP contribution in [0, 0.1) is 0 Å². The van der Waals surface area contributed by atoms with E-state index in [4.69, 9.17) is 12.2 Å². The van der Waals surface area contributed by atoms with Crippen molar-refractivity contribution in [1.82, 2.24) is 10.6 Å². The monoisotopic (exact) mass is 354 g/mol. The van der Waals surface area contributed by atoms with Gasteiger partial charge in [0.15, 0.2) is 5.11 Å². The minimum atomic E-state index is 0.699. The highest BCUT2D eigenvalue weighted by Gasteiger charge is 2.18. The molecular formula is C23H18N2S. The van der Waals surface area contributed by atoms with Crippen molar-refractivity contribution >= 4 is 38.9 Å². The van der Waals surface area contributed by atoms with Gasteiger partial charge < -0.3 is 10.6 Å². The first-order chi connectivity index (χ1) is 12.8. The fourth-order valence-corrected chi connectivity index (χ4v) is 4.08. The summed E-state index contributed by atoms with van der Waals surface area (Å²) in [7, 11) is 0. The summed E-state index contributed by atoms with van der Waals surface area (Å²) in [6.45, 7) is 1.43. The van der Waals surface area contributed by atoms with E-state index in [-0.39, 0.29) is 0 Å². The van der Waals surface area contributed by atoms with E-state index in [1.54, 1.807) is 0 Å². The lowest BCUT2D eigenvalue weighted by molar-refractivity contribution is 0.843. The summed E-state index contributed by atoms with van der Waals surface area (Å²) in [6.07, 6.45) is 0. The Kier molecular flexibility index (Phi) is 3.61. The van der Waals surface area contributed by atoms with Gasteiger partial charge in [-0.3, -0.25) is 0 Å². The molecule has 4 aromatic carbocycles. The Morgan fingerprint density at radius 2 is 1.04 bits per heavy atom. The molecule has 0 aromatic heterocycles. The van der Waals surface area contributed by atoms with E-state index in [0.29, 0.717) is 18.2 Å². The van der Waals surface area contributed by atoms with Gasteiger partial charge in [0.2, 0.25) is 0 Å². The highest BCUT2D eigenvalue weighted by molar-refractivity contribution is 7.80. The SMILES string of the molecule is S=C1NCc2ccc3ccccc3c2-c2c(ccc3ccccc23)CN1. The van der Waals surface area contributed by atoms with Crippen LogP contribution in [0.4, 0.5) is 0 Å². The smallest absolute Gasteiger partial charge is 0.166 e. The van der Waals surface area contributed by atoms with Gasteiger partial charge in [0.25, 0.3) is 0 Å². The molecule has 0 saturated carbocycles. The van der Waals surface area contributed by atoms with E-state index in [0.717, 1.165) is 0 Å². The van der Waals surface area contributed by atoms with Gasteiger partial charge in [0.05, 0.1) is 0 Å². The largest absolute Gasteiger partial charge is 0.359 e. The highest BCUT2D eigenvalue weighted by Crippen LogP contribution is 2.39. The maximum Gasteiger partial charge on any atom is 0.166 e. The number of rotatable bonds is 0. The number of nitrogens with one attached hydrogen (secondary N) is 2. The lowest BCUT2D eigenvalue weighted by atomic mass is 9.87. The van der Waals surface area contributed by atoms with Crippen molar-refractivity contribution in [3.8, 4) is 11.1 Å². The van der Waals surface area contributed by atoms with Crippen molar-refractivity contribution in [1.29, 1.82) is 0 Å². The fourth-order valence-electron chi connectivity index (χ4n) is 3.93. The summed E-state index contributed by atoms with van der Waals surface area (Å²) in [5.41, 5.74) is 5.17. The van der Waals surface area contributed by atoms with Gasteiger partial charge in [0, 0.05) is 13.1 Å². The van der Waals surface area contributed by atoms with Crippen LogP contribution in [0.25, 0.3) is 32.7 Å². The zero-order valence-electron chi connectivity index (χ0n) is 14.3. The lowest BCUT2D eigenvalue weighted by Crippen LogP contribution is -2.33. The first-order valence-corrected chi connectivity index (χ1v) is 9.25. The Morgan fingerprint density at radius 3 is 1.54 bits per heavy atom. The second-order valence-corrected chi connectivity index (χ2v) is 7.09. The second kappa shape index (κ2) is 6.11. The van der Waals surface area contributed by atoms with E-state index in [9.17, 15) is 0 Å². The molecule has 0 fully saturated rings. The molecule has 2 N–H and O–H groups in total. The van der Waals surface area contributed by atoms with Crippen molar-refractivity contribution in [2.75, 3.05) is 0 Å². The highest BCUT2D eigenvalue weighted by atomic mass is 32.1. The zero-order valence-corrected chi connectivity index (χ0v) is 15.1. The lowest BCUT2D eigenvalue weighted by Gasteiger charge is -2.18. The third kappa shape index (κ3) is 2.44. The molecule has 0 atom stereocenters. The molecule has 1 aliphatic rings. The minimum Gasteiger partial charge on any atom is -0.359 e. The molecule has 0 amide bonds. The molecule has 5 rings (SSSR count). The van der Waals surface area contributed by atoms with Crippen LogP contribution in [-0.2, 0) is 13.1 Å². The predicted octanol–water partition coefficient (Wildman–Crippen LogP) is 5.14. The zero-order chi connectivity index (χ0) is 17.5. The average molecular weight is 354 g/mol. The molecule has 0 radical (unpaired) electrons. The molecule has 26 heavy (non-hydrogen) atoms. The van der Waals surface area contributed by atoms with Crippen molar-refractivity contribution in [2.24, 2.45) is 0 Å². The summed E-state index contributed by atoms with van der Waals surface area (Å²) in [5.74, 6) is 0. The van der Waals surface area contributed by atoms with Crippen LogP contribution in [0.5, 0.6) is 0 Å². The van der Waals surface area contributed by atoms with Gasteiger partial charge in [-0.2, -0.15) is 0 Å². The first-order valence-electron chi connectivity index (χ1n) is 8.84. The van der Waals surface area contributed by atoms with Crippen LogP contribution < -0.4 is 10.6 Å². The van der Waals surface area contributed by atoms with Crippen molar-refractivity contribution in [3.05, 3.63) is 83.9 Å². The summed E-state index contributed by atoms with van der Waals surface area (Å²) >= 11 is 5.44. The Hall–Kier alpha value is -2.91. The third-order valence-electron chi connectivity index (χ3n) is 5.16. The molecule has 0 unspecified atom stereocenters. The summed E-state index contributed by atoms with van der Waals surface area (Å²) in [5, 5.41) is 12.5. The molecule has 1 aliphatic heterocycles. The first kappa shape index (κ1) is 15.4. The van der Waals surface area contributed by atoms with Crippen molar-refractivity contribution < 1.29 is 0 Å². The average Bonchev–Trinajstić information content (AvgIpc) is 2.76. The van der Waals surface area contributed by atoms with Crippen LogP contribution in [-0.4, -0.2) is 5.11 Å². The van der Waals surface area contributed by atoms with Crippen LogP contribution in [0.2, 0.25) is 0 Å². The number of fused-ring (bicyclic) bond motifs is 7. The number of hydrogen-bond acceptors (Lipinski definition) is 1. The van der Waals surface area contributed by atoms with Crippen LogP contribution in [0.15, 0.2) is 72.8 Å². The van der Waals surface area contributed by atoms with Gasteiger partial charge in [-0.25, -0.2) is 0 Å². The molecule has 2 nitrogen and oxygen atoms in total. The minimum absolute atomic E-state index is 0.699. The van der Waals surface area contributed by atoms with Gasteiger partial charge in [-0.05, 0) is 56.0 Å². The Morgan fingerprint density at radius 1 is 0.577 bits per heavy atom. The molecule has 0 spiro atoms. The maximum atomic E-state index is 5.44. The quantitative estimate of drug-likeness (QED) is 0.428. The van der Waals surface area contributed by atoms with Gasteiger partial charge in [-0.1, -0.05) is 72.8 Å². The van der Waals surface area contributed by atoms with Crippen LogP contribution >= 0.6 is 12.2 Å². The molecule has 126 valence electrons. The molecular weight excluding hydrogens is 336 g/mol. The topological polar surface area (TPSA) is 24.1 Å². The van der Waals surface area contributed by atoms with Gasteiger partial charge in [-0.15, -0.1) is 0 Å². The molecule has 0 saturated heterocycles. The van der Waals surface area contributed by atoms with Gasteiger partial charge in [0.1, 0.15) is 0 Å². The van der Waals surface area contributed by atoms with Crippen LogP contribution in [0.1, 0.15) is 11.1 Å².